The minimum atomic E-state index is -5.07. The van der Waals surface area contributed by atoms with Gasteiger partial charge < -0.3 is 5.32 Å². The Balaban J connectivity index is 1.84. The highest BCUT2D eigenvalue weighted by atomic mass is 32.1. The van der Waals surface area contributed by atoms with E-state index in [1.807, 2.05) is 5.32 Å². The molecule has 1 aromatic heterocycles. The summed E-state index contributed by atoms with van der Waals surface area (Å²) in [6, 6.07) is 7.73. The summed E-state index contributed by atoms with van der Waals surface area (Å²) in [7, 11) is 0. The van der Waals surface area contributed by atoms with Gasteiger partial charge in [0.25, 0.3) is 11.6 Å². The van der Waals surface area contributed by atoms with E-state index in [-0.39, 0.29) is 18.1 Å². The average Bonchev–Trinajstić information content (AvgIpc) is 3.08. The standard InChI is InChI=1S/C15H14F3N5O2S/c1-9-21-22-12(26-9)19-14(15(16,17)18)11(24)23(13(25)20-14)8-7-10-5-3-2-4-6-10/h2-6H,7-8H2,1H3,(H,19,22)(H,20,25)/t14-/m1/s1. The van der Waals surface area contributed by atoms with Crippen LogP contribution in [0.2, 0.25) is 0 Å². The van der Waals surface area contributed by atoms with Gasteiger partial charge >= 0.3 is 12.2 Å². The summed E-state index contributed by atoms with van der Waals surface area (Å²) in [5.74, 6) is -1.42. The van der Waals surface area contributed by atoms with Crippen LogP contribution in [0.25, 0.3) is 0 Å². The maximum Gasteiger partial charge on any atom is 0.440 e. The predicted molar refractivity (Wildman–Crippen MR) is 87.4 cm³/mol. The number of aryl methyl sites for hydroxylation is 1. The molecule has 7 nitrogen and oxygen atoms in total. The van der Waals surface area contributed by atoms with E-state index < -0.39 is 23.8 Å². The fraction of sp³-hybridized carbons (Fsp3) is 0.333. The van der Waals surface area contributed by atoms with Gasteiger partial charge in [-0.2, -0.15) is 13.2 Å². The quantitative estimate of drug-likeness (QED) is 0.772. The number of anilines is 1. The molecule has 1 atom stereocenters. The van der Waals surface area contributed by atoms with Gasteiger partial charge in [-0.1, -0.05) is 41.7 Å². The minimum Gasteiger partial charge on any atom is -0.322 e. The molecular formula is C15H14F3N5O2S. The number of aromatic nitrogens is 2. The molecule has 0 spiro atoms. The van der Waals surface area contributed by atoms with Crippen LogP contribution in [-0.2, 0) is 11.2 Å². The number of hydrogen-bond donors (Lipinski definition) is 2. The van der Waals surface area contributed by atoms with Gasteiger partial charge in [0.1, 0.15) is 5.01 Å². The van der Waals surface area contributed by atoms with E-state index >= 15 is 0 Å². The molecule has 0 unspecified atom stereocenters. The molecule has 0 bridgehead atoms. The van der Waals surface area contributed by atoms with Crippen molar-refractivity contribution in [2.24, 2.45) is 0 Å². The lowest BCUT2D eigenvalue weighted by Crippen LogP contribution is -2.64. The Bertz CT molecular complexity index is 826. The first-order valence-electron chi connectivity index (χ1n) is 7.56. The smallest absolute Gasteiger partial charge is 0.322 e. The molecule has 1 aliphatic heterocycles. The molecule has 3 amide bonds. The Morgan fingerprint density at radius 1 is 1.23 bits per heavy atom. The third kappa shape index (κ3) is 3.21. The molecule has 0 radical (unpaired) electrons. The number of halogens is 3. The van der Waals surface area contributed by atoms with Gasteiger partial charge in [0, 0.05) is 6.54 Å². The van der Waals surface area contributed by atoms with Crippen molar-refractivity contribution in [1.29, 1.82) is 0 Å². The van der Waals surface area contributed by atoms with Crippen molar-refractivity contribution in [1.82, 2.24) is 20.4 Å². The summed E-state index contributed by atoms with van der Waals surface area (Å²) < 4.78 is 41.1. The fourth-order valence-corrected chi connectivity index (χ4v) is 3.17. The van der Waals surface area contributed by atoms with Gasteiger partial charge in [-0.05, 0) is 18.9 Å². The number of urea groups is 1. The Morgan fingerprint density at radius 2 is 1.92 bits per heavy atom. The van der Waals surface area contributed by atoms with Gasteiger partial charge in [-0.3, -0.25) is 15.0 Å². The van der Waals surface area contributed by atoms with Crippen molar-refractivity contribution in [2.45, 2.75) is 25.2 Å². The molecule has 11 heteroatoms. The van der Waals surface area contributed by atoms with E-state index in [2.05, 4.69) is 10.2 Å². The average molecular weight is 385 g/mol. The molecular weight excluding hydrogens is 371 g/mol. The molecule has 1 fully saturated rings. The monoisotopic (exact) mass is 385 g/mol. The molecule has 26 heavy (non-hydrogen) atoms. The predicted octanol–water partition coefficient (Wildman–Crippen LogP) is 2.31. The van der Waals surface area contributed by atoms with Gasteiger partial charge in [0.05, 0.1) is 0 Å². The zero-order valence-corrected chi connectivity index (χ0v) is 14.3. The number of imide groups is 1. The number of rotatable bonds is 5. The fourth-order valence-electron chi connectivity index (χ4n) is 2.52. The van der Waals surface area contributed by atoms with E-state index in [1.54, 1.807) is 42.6 Å². The van der Waals surface area contributed by atoms with Crippen molar-refractivity contribution in [3.63, 3.8) is 0 Å². The molecule has 1 saturated heterocycles. The molecule has 1 aliphatic rings. The number of benzene rings is 1. The van der Waals surface area contributed by atoms with Crippen LogP contribution >= 0.6 is 11.3 Å². The summed E-state index contributed by atoms with van der Waals surface area (Å²) >= 11 is 0.849. The van der Waals surface area contributed by atoms with E-state index in [9.17, 15) is 22.8 Å². The lowest BCUT2D eigenvalue weighted by atomic mass is 10.1. The first kappa shape index (κ1) is 18.1. The Labute approximate surface area is 150 Å². The molecule has 2 heterocycles. The van der Waals surface area contributed by atoms with Crippen LogP contribution < -0.4 is 10.6 Å². The lowest BCUT2D eigenvalue weighted by Gasteiger charge is -2.29. The summed E-state index contributed by atoms with van der Waals surface area (Å²) in [6.45, 7) is 1.38. The van der Waals surface area contributed by atoms with Crippen molar-refractivity contribution in [3.05, 3.63) is 40.9 Å². The summed E-state index contributed by atoms with van der Waals surface area (Å²) in [5.41, 5.74) is -2.46. The summed E-state index contributed by atoms with van der Waals surface area (Å²) in [4.78, 5) is 25.2. The van der Waals surface area contributed by atoms with Gasteiger partial charge in [-0.15, -0.1) is 10.2 Å². The van der Waals surface area contributed by atoms with Crippen LogP contribution in [0.15, 0.2) is 30.3 Å². The van der Waals surface area contributed by atoms with Crippen LogP contribution in [0.1, 0.15) is 10.6 Å². The van der Waals surface area contributed by atoms with E-state index in [0.29, 0.717) is 9.91 Å². The zero-order valence-electron chi connectivity index (χ0n) is 13.5. The first-order chi connectivity index (χ1) is 12.2. The summed E-state index contributed by atoms with van der Waals surface area (Å²) in [6.07, 6.45) is -4.83. The third-order valence-corrected chi connectivity index (χ3v) is 4.57. The molecule has 2 N–H and O–H groups in total. The number of carbonyl (C=O) groups is 2. The van der Waals surface area contributed by atoms with Crippen molar-refractivity contribution in [2.75, 3.05) is 11.9 Å². The van der Waals surface area contributed by atoms with Crippen molar-refractivity contribution < 1.29 is 22.8 Å². The molecule has 1 aromatic carbocycles. The maximum absolute atomic E-state index is 13.7. The number of carbonyl (C=O) groups excluding carboxylic acids is 2. The van der Waals surface area contributed by atoms with Crippen LogP contribution in [-0.4, -0.2) is 45.4 Å². The second kappa shape index (κ2) is 6.56. The topological polar surface area (TPSA) is 87.2 Å². The maximum atomic E-state index is 13.7. The second-order valence-electron chi connectivity index (χ2n) is 5.62. The molecule has 0 saturated carbocycles. The highest BCUT2D eigenvalue weighted by Crippen LogP contribution is 2.37. The number of hydrogen-bond acceptors (Lipinski definition) is 6. The first-order valence-corrected chi connectivity index (χ1v) is 8.37. The van der Waals surface area contributed by atoms with Gasteiger partial charge in [0.15, 0.2) is 0 Å². The van der Waals surface area contributed by atoms with Crippen LogP contribution in [0, 0.1) is 6.92 Å². The number of nitrogens with zero attached hydrogens (tertiary/aromatic N) is 3. The van der Waals surface area contributed by atoms with Crippen LogP contribution in [0.3, 0.4) is 0 Å². The molecule has 3 rings (SSSR count). The van der Waals surface area contributed by atoms with E-state index in [4.69, 9.17) is 0 Å². The van der Waals surface area contributed by atoms with Gasteiger partial charge in [0.2, 0.25) is 5.13 Å². The summed E-state index contributed by atoms with van der Waals surface area (Å²) in [5, 5.41) is 11.1. The van der Waals surface area contributed by atoms with Gasteiger partial charge in [-0.25, -0.2) is 4.79 Å². The Hall–Kier alpha value is -2.69. The normalized spacial score (nSPS) is 20.4. The highest BCUT2D eigenvalue weighted by Gasteiger charge is 2.68. The largest absolute Gasteiger partial charge is 0.440 e. The zero-order chi connectivity index (χ0) is 18.9. The SMILES string of the molecule is Cc1nnc(N[C@@]2(C(F)(F)F)NC(=O)N(CCc3ccccc3)C2=O)s1. The van der Waals surface area contributed by atoms with Crippen molar-refractivity contribution >= 4 is 28.4 Å². The van der Waals surface area contributed by atoms with E-state index in [1.165, 1.54) is 0 Å². The van der Waals surface area contributed by atoms with Crippen LogP contribution in [0.4, 0.5) is 23.1 Å². The third-order valence-electron chi connectivity index (χ3n) is 3.82. The Morgan fingerprint density at radius 3 is 2.50 bits per heavy atom. The molecule has 138 valence electrons. The Kier molecular flexibility index (Phi) is 4.57. The molecule has 2 aromatic rings. The lowest BCUT2D eigenvalue weighted by molar-refractivity contribution is -0.188. The highest BCUT2D eigenvalue weighted by molar-refractivity contribution is 7.15. The van der Waals surface area contributed by atoms with Crippen molar-refractivity contribution in [3.8, 4) is 0 Å². The second-order valence-corrected chi connectivity index (χ2v) is 6.80. The minimum absolute atomic E-state index is 0.177. The number of nitrogens with one attached hydrogen (secondary N) is 2. The van der Waals surface area contributed by atoms with Crippen LogP contribution in [0.5, 0.6) is 0 Å². The number of amides is 3. The molecule has 0 aliphatic carbocycles. The van der Waals surface area contributed by atoms with E-state index in [0.717, 1.165) is 16.9 Å². The number of alkyl halides is 3.